The smallest absolute Gasteiger partial charge is 0.450 e. The number of rotatable bonds is 6. The fourth-order valence-electron chi connectivity index (χ4n) is 4.82. The highest BCUT2D eigenvalue weighted by Gasteiger charge is 2.51. The van der Waals surface area contributed by atoms with Crippen LogP contribution in [0.2, 0.25) is 0 Å². The number of pyridine rings is 1. The highest BCUT2D eigenvalue weighted by molar-refractivity contribution is 6.11. The van der Waals surface area contributed by atoms with Gasteiger partial charge in [0, 0.05) is 56.1 Å². The molecule has 11 nitrogen and oxygen atoms in total. The molecular formula is C23H32N6O5. The lowest BCUT2D eigenvalue weighted by molar-refractivity contribution is -0.128. The minimum atomic E-state index is -1.83. The maximum atomic E-state index is 11.7. The van der Waals surface area contributed by atoms with Gasteiger partial charge in [0.25, 0.3) is 0 Å². The molecule has 2 aliphatic carbocycles. The summed E-state index contributed by atoms with van der Waals surface area (Å²) in [5.74, 6) is 0.0963. The van der Waals surface area contributed by atoms with Gasteiger partial charge in [-0.2, -0.15) is 5.10 Å². The third kappa shape index (κ3) is 4.64. The fourth-order valence-corrected chi connectivity index (χ4v) is 4.82. The van der Waals surface area contributed by atoms with Crippen LogP contribution in [-0.4, -0.2) is 60.4 Å². The van der Waals surface area contributed by atoms with E-state index in [9.17, 15) is 4.79 Å². The minimum absolute atomic E-state index is 0.0963. The quantitative estimate of drug-likeness (QED) is 0.499. The molecule has 0 radical (unpaired) electrons. The summed E-state index contributed by atoms with van der Waals surface area (Å²) in [6.45, 7) is 6.80. The lowest BCUT2D eigenvalue weighted by atomic mass is 9.72. The van der Waals surface area contributed by atoms with Crippen LogP contribution in [0.5, 0.6) is 0 Å². The highest BCUT2D eigenvalue weighted by atomic mass is 16.7. The van der Waals surface area contributed by atoms with Gasteiger partial charge in [0.1, 0.15) is 5.60 Å². The average molecular weight is 473 g/mol. The zero-order valence-electron chi connectivity index (χ0n) is 19.8. The molecule has 1 aliphatic heterocycles. The number of aryl methyl sites for hydroxylation is 2. The first-order chi connectivity index (χ1) is 16.2. The Balaban J connectivity index is 0.000000636. The van der Waals surface area contributed by atoms with Crippen LogP contribution in [0, 0.1) is 6.92 Å². The van der Waals surface area contributed by atoms with E-state index in [1.807, 2.05) is 24.7 Å². The summed E-state index contributed by atoms with van der Waals surface area (Å²) in [6, 6.07) is 0.679. The van der Waals surface area contributed by atoms with Crippen molar-refractivity contribution in [2.24, 2.45) is 5.16 Å². The Labute approximate surface area is 197 Å². The van der Waals surface area contributed by atoms with Crippen molar-refractivity contribution >= 4 is 34.5 Å². The molecule has 0 atom stereocenters. The lowest BCUT2D eigenvalue weighted by Gasteiger charge is -2.42. The third-order valence-corrected chi connectivity index (χ3v) is 6.76. The van der Waals surface area contributed by atoms with E-state index >= 15 is 0 Å². The molecule has 0 saturated heterocycles. The van der Waals surface area contributed by atoms with Gasteiger partial charge in [-0.1, -0.05) is 12.1 Å². The maximum Gasteiger partial charge on any atom is 0.503 e. The van der Waals surface area contributed by atoms with E-state index in [0.29, 0.717) is 12.5 Å². The van der Waals surface area contributed by atoms with Crippen LogP contribution < -0.4 is 10.6 Å². The number of carbonyl (C=O) groups is 2. The van der Waals surface area contributed by atoms with Gasteiger partial charge in [-0.3, -0.25) is 4.79 Å². The summed E-state index contributed by atoms with van der Waals surface area (Å²) in [5, 5.41) is 31.0. The van der Waals surface area contributed by atoms with Gasteiger partial charge < -0.3 is 25.7 Å². The molecule has 4 N–H and O–H groups in total. The van der Waals surface area contributed by atoms with E-state index in [0.717, 1.165) is 59.5 Å². The molecule has 3 heterocycles. The first-order valence-corrected chi connectivity index (χ1v) is 11.8. The summed E-state index contributed by atoms with van der Waals surface area (Å²) in [7, 11) is 0. The van der Waals surface area contributed by atoms with Crippen LogP contribution in [0.1, 0.15) is 70.1 Å². The molecule has 2 aromatic rings. The summed E-state index contributed by atoms with van der Waals surface area (Å²) in [6.07, 6.45) is 6.61. The van der Waals surface area contributed by atoms with Crippen molar-refractivity contribution in [3.8, 4) is 0 Å². The summed E-state index contributed by atoms with van der Waals surface area (Å²) in [5.41, 5.74) is 4.67. The second kappa shape index (κ2) is 9.47. The van der Waals surface area contributed by atoms with Crippen molar-refractivity contribution in [2.75, 3.05) is 5.32 Å². The number of nitrogens with one attached hydrogen (secondary N) is 2. The van der Waals surface area contributed by atoms with Gasteiger partial charge in [0.05, 0.1) is 22.5 Å². The predicted molar refractivity (Wildman–Crippen MR) is 126 cm³/mol. The zero-order valence-corrected chi connectivity index (χ0v) is 19.8. The Hall–Kier alpha value is -3.37. The Kier molecular flexibility index (Phi) is 6.63. The normalized spacial score (nSPS) is 23.3. The van der Waals surface area contributed by atoms with E-state index < -0.39 is 6.16 Å². The van der Waals surface area contributed by atoms with Crippen molar-refractivity contribution in [3.05, 3.63) is 17.5 Å². The van der Waals surface area contributed by atoms with Crippen LogP contribution in [0.15, 0.2) is 11.4 Å². The van der Waals surface area contributed by atoms with Gasteiger partial charge in [-0.15, -0.1) is 0 Å². The van der Waals surface area contributed by atoms with E-state index in [1.54, 1.807) is 0 Å². The standard InChI is InChI=1S/C22H30N6O2.CH2O3/c1-4-18(29)24-15-9-22(10-15)11-17(27-30-22)16-12-23-21-19(13(3)26-28(21)5-2)20(16)25-14-7-6-8-14;2-1(3)4/h12,14-15H,4-11H2,1-3H3,(H,23,25)(H,24,29);(H2,2,3,4). The van der Waals surface area contributed by atoms with Gasteiger partial charge in [-0.05, 0) is 33.1 Å². The topological polar surface area (TPSA) is 151 Å². The number of oxime groups is 1. The van der Waals surface area contributed by atoms with E-state index in [4.69, 9.17) is 29.9 Å². The molecule has 1 spiro atoms. The van der Waals surface area contributed by atoms with Gasteiger partial charge in [0.15, 0.2) is 5.65 Å². The molecule has 184 valence electrons. The molecule has 2 aromatic heterocycles. The monoisotopic (exact) mass is 472 g/mol. The fraction of sp³-hybridized carbons (Fsp3) is 0.609. The molecule has 3 aliphatic rings. The molecule has 0 aromatic carbocycles. The number of amides is 1. The Morgan fingerprint density at radius 1 is 1.24 bits per heavy atom. The molecule has 2 saturated carbocycles. The number of anilines is 1. The Morgan fingerprint density at radius 3 is 2.53 bits per heavy atom. The number of fused-ring (bicyclic) bond motifs is 1. The number of carbonyl (C=O) groups excluding carboxylic acids is 1. The van der Waals surface area contributed by atoms with Crippen LogP contribution in [0.4, 0.5) is 10.5 Å². The van der Waals surface area contributed by atoms with E-state index in [2.05, 4.69) is 22.7 Å². The second-order valence-corrected chi connectivity index (χ2v) is 9.22. The first-order valence-electron chi connectivity index (χ1n) is 11.8. The second-order valence-electron chi connectivity index (χ2n) is 9.22. The molecule has 0 unspecified atom stereocenters. The number of hydrogen-bond acceptors (Lipinski definition) is 7. The minimum Gasteiger partial charge on any atom is -0.450 e. The molecule has 11 heteroatoms. The average Bonchev–Trinajstić information content (AvgIpc) is 3.31. The Morgan fingerprint density at radius 2 is 1.94 bits per heavy atom. The van der Waals surface area contributed by atoms with Crippen LogP contribution in [0.25, 0.3) is 11.0 Å². The number of aromatic nitrogens is 3. The van der Waals surface area contributed by atoms with Crippen LogP contribution in [-0.2, 0) is 16.2 Å². The van der Waals surface area contributed by atoms with Gasteiger partial charge in [0.2, 0.25) is 5.91 Å². The maximum absolute atomic E-state index is 11.7. The number of nitrogens with zero attached hydrogens (tertiary/aromatic N) is 4. The van der Waals surface area contributed by atoms with E-state index in [-0.39, 0.29) is 17.6 Å². The van der Waals surface area contributed by atoms with E-state index in [1.165, 1.54) is 19.3 Å². The zero-order chi connectivity index (χ0) is 24.5. The highest BCUT2D eigenvalue weighted by Crippen LogP contribution is 2.45. The predicted octanol–water partition coefficient (Wildman–Crippen LogP) is 3.50. The number of hydrogen-bond donors (Lipinski definition) is 4. The molecule has 2 fully saturated rings. The van der Waals surface area contributed by atoms with Crippen molar-refractivity contribution < 1.29 is 24.6 Å². The van der Waals surface area contributed by atoms with Crippen LogP contribution in [0.3, 0.4) is 0 Å². The molecule has 5 rings (SSSR count). The summed E-state index contributed by atoms with van der Waals surface area (Å²) in [4.78, 5) is 30.9. The Bertz CT molecular complexity index is 1110. The summed E-state index contributed by atoms with van der Waals surface area (Å²) >= 11 is 0. The molecule has 0 bridgehead atoms. The molecule has 34 heavy (non-hydrogen) atoms. The van der Waals surface area contributed by atoms with Crippen molar-refractivity contribution in [1.82, 2.24) is 20.1 Å². The van der Waals surface area contributed by atoms with Crippen LogP contribution >= 0.6 is 0 Å². The SMILES string of the molecule is CCC(=O)NC1CC2(CC(c3cnc4c(c(C)nn4CC)c3NC3CCC3)=NO2)C1.O=C(O)O. The van der Waals surface area contributed by atoms with Gasteiger partial charge >= 0.3 is 6.16 Å². The number of carboxylic acid groups (broad SMARTS) is 2. The van der Waals surface area contributed by atoms with Gasteiger partial charge in [-0.25, -0.2) is 14.5 Å². The molecule has 1 amide bonds. The van der Waals surface area contributed by atoms with Crippen molar-refractivity contribution in [1.29, 1.82) is 0 Å². The first kappa shape index (κ1) is 23.8. The third-order valence-electron chi connectivity index (χ3n) is 6.76. The largest absolute Gasteiger partial charge is 0.503 e. The summed E-state index contributed by atoms with van der Waals surface area (Å²) < 4.78 is 1.96. The lowest BCUT2D eigenvalue weighted by Crippen LogP contribution is -2.55. The molecular weight excluding hydrogens is 440 g/mol. The van der Waals surface area contributed by atoms with Crippen molar-refractivity contribution in [2.45, 2.75) is 89.9 Å². The van der Waals surface area contributed by atoms with Crippen molar-refractivity contribution in [3.63, 3.8) is 0 Å².